The van der Waals surface area contributed by atoms with E-state index in [-0.39, 0.29) is 11.9 Å². The van der Waals surface area contributed by atoms with Crippen LogP contribution in [-0.4, -0.2) is 16.6 Å². The number of hydrogen-bond acceptors (Lipinski definition) is 2. The second kappa shape index (κ2) is 8.05. The van der Waals surface area contributed by atoms with Gasteiger partial charge in [-0.2, -0.15) is 5.10 Å². The smallest absolute Gasteiger partial charge is 0.267 e. The SMILES string of the molecule is Cc1ccc(C2CC(c3ccccc3)=NN2C(=O)C=Cc2ccccc2)cc1. The maximum atomic E-state index is 13.0. The summed E-state index contributed by atoms with van der Waals surface area (Å²) in [6, 6.07) is 28.1. The molecule has 28 heavy (non-hydrogen) atoms. The molecule has 1 unspecified atom stereocenters. The van der Waals surface area contributed by atoms with E-state index in [2.05, 4.69) is 31.2 Å². The Balaban J connectivity index is 1.64. The van der Waals surface area contributed by atoms with Crippen molar-refractivity contribution in [3.05, 3.63) is 113 Å². The Labute approximate surface area is 165 Å². The molecule has 1 heterocycles. The van der Waals surface area contributed by atoms with Gasteiger partial charge in [0.25, 0.3) is 5.91 Å². The average molecular weight is 366 g/mol. The molecule has 138 valence electrons. The zero-order valence-electron chi connectivity index (χ0n) is 15.8. The van der Waals surface area contributed by atoms with E-state index < -0.39 is 0 Å². The van der Waals surface area contributed by atoms with Crippen molar-refractivity contribution >= 4 is 17.7 Å². The minimum absolute atomic E-state index is 0.0938. The number of carbonyl (C=O) groups is 1. The molecule has 4 rings (SSSR count). The highest BCUT2D eigenvalue weighted by atomic mass is 16.2. The minimum Gasteiger partial charge on any atom is -0.268 e. The van der Waals surface area contributed by atoms with Crippen molar-refractivity contribution in [2.45, 2.75) is 19.4 Å². The fourth-order valence-corrected chi connectivity index (χ4v) is 3.37. The van der Waals surface area contributed by atoms with Crippen LogP contribution in [0.5, 0.6) is 0 Å². The van der Waals surface area contributed by atoms with E-state index >= 15 is 0 Å². The van der Waals surface area contributed by atoms with Crippen LogP contribution in [0.3, 0.4) is 0 Å². The van der Waals surface area contributed by atoms with Gasteiger partial charge in [0, 0.05) is 12.5 Å². The third-order valence-electron chi connectivity index (χ3n) is 4.92. The van der Waals surface area contributed by atoms with Crippen molar-refractivity contribution in [1.29, 1.82) is 0 Å². The third-order valence-corrected chi connectivity index (χ3v) is 4.92. The lowest BCUT2D eigenvalue weighted by atomic mass is 9.98. The van der Waals surface area contributed by atoms with Gasteiger partial charge in [0.15, 0.2) is 0 Å². The minimum atomic E-state index is -0.111. The largest absolute Gasteiger partial charge is 0.268 e. The van der Waals surface area contributed by atoms with E-state index in [1.54, 1.807) is 11.1 Å². The number of rotatable bonds is 4. The molecular formula is C25H22N2O. The summed E-state index contributed by atoms with van der Waals surface area (Å²) in [6.45, 7) is 2.07. The van der Waals surface area contributed by atoms with Crippen molar-refractivity contribution < 1.29 is 4.79 Å². The monoisotopic (exact) mass is 366 g/mol. The lowest BCUT2D eigenvalue weighted by molar-refractivity contribution is -0.127. The Bertz CT molecular complexity index is 1010. The van der Waals surface area contributed by atoms with Crippen molar-refractivity contribution in [2.24, 2.45) is 5.10 Å². The first kappa shape index (κ1) is 17.9. The zero-order chi connectivity index (χ0) is 19.3. The summed E-state index contributed by atoms with van der Waals surface area (Å²) in [4.78, 5) is 13.0. The van der Waals surface area contributed by atoms with Gasteiger partial charge in [-0.05, 0) is 29.7 Å². The van der Waals surface area contributed by atoms with E-state index in [0.29, 0.717) is 6.42 Å². The lowest BCUT2D eigenvalue weighted by Gasteiger charge is -2.21. The number of nitrogens with zero attached hydrogens (tertiary/aromatic N) is 2. The van der Waals surface area contributed by atoms with Gasteiger partial charge < -0.3 is 0 Å². The third kappa shape index (κ3) is 3.94. The summed E-state index contributed by atoms with van der Waals surface area (Å²) in [7, 11) is 0. The quantitative estimate of drug-likeness (QED) is 0.570. The van der Waals surface area contributed by atoms with Crippen LogP contribution in [-0.2, 0) is 4.79 Å². The van der Waals surface area contributed by atoms with Gasteiger partial charge in [0.1, 0.15) is 0 Å². The molecule has 0 aromatic heterocycles. The maximum Gasteiger partial charge on any atom is 0.267 e. The Kier molecular flexibility index (Phi) is 5.16. The van der Waals surface area contributed by atoms with E-state index in [4.69, 9.17) is 5.10 Å². The van der Waals surface area contributed by atoms with Crippen LogP contribution in [0, 0.1) is 6.92 Å². The van der Waals surface area contributed by atoms with E-state index in [1.165, 1.54) is 5.56 Å². The molecule has 0 spiro atoms. The standard InChI is InChI=1S/C25H22N2O/c1-19-12-15-22(16-13-19)24-18-23(21-10-6-3-7-11-21)26-27(24)25(28)17-14-20-8-4-2-5-9-20/h2-17,24H,18H2,1H3. The van der Waals surface area contributed by atoms with Crippen molar-refractivity contribution in [1.82, 2.24) is 5.01 Å². The summed E-state index contributed by atoms with van der Waals surface area (Å²) in [5, 5.41) is 6.32. The average Bonchev–Trinajstić information content (AvgIpc) is 3.19. The van der Waals surface area contributed by atoms with Crippen LogP contribution in [0.25, 0.3) is 6.08 Å². The maximum absolute atomic E-state index is 13.0. The molecule has 0 aliphatic carbocycles. The Morgan fingerprint density at radius 3 is 2.25 bits per heavy atom. The first-order valence-corrected chi connectivity index (χ1v) is 9.46. The molecule has 0 saturated carbocycles. The molecule has 0 N–H and O–H groups in total. The van der Waals surface area contributed by atoms with Gasteiger partial charge in [0.2, 0.25) is 0 Å². The fraction of sp³-hybridized carbons (Fsp3) is 0.120. The van der Waals surface area contributed by atoms with Gasteiger partial charge in [-0.25, -0.2) is 5.01 Å². The molecule has 3 heteroatoms. The van der Waals surface area contributed by atoms with Crippen LogP contribution in [0.2, 0.25) is 0 Å². The molecule has 1 amide bonds. The van der Waals surface area contributed by atoms with Crippen LogP contribution >= 0.6 is 0 Å². The highest BCUT2D eigenvalue weighted by Gasteiger charge is 2.32. The van der Waals surface area contributed by atoms with Gasteiger partial charge in [0.05, 0.1) is 11.8 Å². The topological polar surface area (TPSA) is 32.7 Å². The molecule has 1 atom stereocenters. The highest BCUT2D eigenvalue weighted by molar-refractivity contribution is 6.04. The fourth-order valence-electron chi connectivity index (χ4n) is 3.37. The molecule has 1 aliphatic rings. The first-order chi connectivity index (χ1) is 13.7. The van der Waals surface area contributed by atoms with Crippen LogP contribution in [0.4, 0.5) is 0 Å². The molecule has 3 nitrogen and oxygen atoms in total. The van der Waals surface area contributed by atoms with Crippen LogP contribution in [0.1, 0.15) is 34.7 Å². The van der Waals surface area contributed by atoms with E-state index in [9.17, 15) is 4.79 Å². The number of carbonyl (C=O) groups excluding carboxylic acids is 1. The van der Waals surface area contributed by atoms with Crippen molar-refractivity contribution in [2.75, 3.05) is 0 Å². The van der Waals surface area contributed by atoms with Gasteiger partial charge in [-0.3, -0.25) is 4.79 Å². The molecular weight excluding hydrogens is 344 g/mol. The molecule has 0 fully saturated rings. The Hall–Kier alpha value is -3.46. The number of hydrazone groups is 1. The second-order valence-electron chi connectivity index (χ2n) is 6.97. The van der Waals surface area contributed by atoms with Crippen molar-refractivity contribution in [3.8, 4) is 0 Å². The normalized spacial score (nSPS) is 16.4. The Morgan fingerprint density at radius 1 is 0.929 bits per heavy atom. The molecule has 0 bridgehead atoms. The molecule has 1 aliphatic heterocycles. The summed E-state index contributed by atoms with van der Waals surface area (Å²) in [5.41, 5.74) is 5.29. The number of benzene rings is 3. The molecule has 3 aromatic rings. The lowest BCUT2D eigenvalue weighted by Crippen LogP contribution is -2.25. The Morgan fingerprint density at radius 2 is 1.57 bits per heavy atom. The second-order valence-corrected chi connectivity index (χ2v) is 6.97. The van der Waals surface area contributed by atoms with E-state index in [0.717, 1.165) is 22.4 Å². The predicted octanol–water partition coefficient (Wildman–Crippen LogP) is 5.39. The number of amides is 1. The molecule has 3 aromatic carbocycles. The number of aryl methyl sites for hydroxylation is 1. The first-order valence-electron chi connectivity index (χ1n) is 9.46. The van der Waals surface area contributed by atoms with Gasteiger partial charge in [-0.1, -0.05) is 90.5 Å². The highest BCUT2D eigenvalue weighted by Crippen LogP contribution is 2.33. The van der Waals surface area contributed by atoms with Crippen LogP contribution < -0.4 is 0 Å². The molecule has 0 radical (unpaired) electrons. The van der Waals surface area contributed by atoms with Gasteiger partial charge in [-0.15, -0.1) is 0 Å². The summed E-state index contributed by atoms with van der Waals surface area (Å²) in [5.74, 6) is -0.111. The summed E-state index contributed by atoms with van der Waals surface area (Å²) < 4.78 is 0. The van der Waals surface area contributed by atoms with Gasteiger partial charge >= 0.3 is 0 Å². The summed E-state index contributed by atoms with van der Waals surface area (Å²) >= 11 is 0. The predicted molar refractivity (Wildman–Crippen MR) is 114 cm³/mol. The van der Waals surface area contributed by atoms with Crippen LogP contribution in [0.15, 0.2) is 96.1 Å². The number of hydrogen-bond donors (Lipinski definition) is 0. The summed E-state index contributed by atoms with van der Waals surface area (Å²) in [6.07, 6.45) is 4.15. The van der Waals surface area contributed by atoms with E-state index in [1.807, 2.05) is 66.7 Å². The zero-order valence-corrected chi connectivity index (χ0v) is 15.8. The molecule has 0 saturated heterocycles. The van der Waals surface area contributed by atoms with Crippen molar-refractivity contribution in [3.63, 3.8) is 0 Å².